The predicted molar refractivity (Wildman–Crippen MR) is 102 cm³/mol. The molecule has 3 aromatic heterocycles. The van der Waals surface area contributed by atoms with Crippen molar-refractivity contribution in [2.24, 2.45) is 7.05 Å². The lowest BCUT2D eigenvalue weighted by molar-refractivity contribution is 0.601. The van der Waals surface area contributed by atoms with Crippen molar-refractivity contribution in [3.05, 3.63) is 60.9 Å². The molecule has 136 valence electrons. The Morgan fingerprint density at radius 3 is 2.63 bits per heavy atom. The smallest absolute Gasteiger partial charge is 0.263 e. The minimum atomic E-state index is -3.79. The molecule has 0 spiro atoms. The molecule has 0 saturated heterocycles. The van der Waals surface area contributed by atoms with Gasteiger partial charge in [-0.1, -0.05) is 12.1 Å². The highest BCUT2D eigenvalue weighted by atomic mass is 32.2. The highest BCUT2D eigenvalue weighted by molar-refractivity contribution is 7.92. The van der Waals surface area contributed by atoms with Gasteiger partial charge in [-0.3, -0.25) is 14.4 Å². The molecule has 8 nitrogen and oxygen atoms in total. The van der Waals surface area contributed by atoms with Crippen LogP contribution in [0.4, 0.5) is 5.69 Å². The van der Waals surface area contributed by atoms with E-state index in [4.69, 9.17) is 0 Å². The van der Waals surface area contributed by atoms with Gasteiger partial charge in [-0.25, -0.2) is 18.4 Å². The third-order valence-electron chi connectivity index (χ3n) is 4.24. The first-order valence-corrected chi connectivity index (χ1v) is 9.60. The van der Waals surface area contributed by atoms with E-state index in [1.54, 1.807) is 42.3 Å². The van der Waals surface area contributed by atoms with Crippen LogP contribution in [0.15, 0.2) is 60.1 Å². The fourth-order valence-corrected chi connectivity index (χ4v) is 3.87. The molecule has 0 fully saturated rings. The summed E-state index contributed by atoms with van der Waals surface area (Å²) >= 11 is 0. The normalized spacial score (nSPS) is 11.6. The van der Waals surface area contributed by atoms with Gasteiger partial charge in [0.15, 0.2) is 0 Å². The molecule has 0 atom stereocenters. The van der Waals surface area contributed by atoms with Gasteiger partial charge >= 0.3 is 0 Å². The fraction of sp³-hybridized carbons (Fsp3) is 0.111. The Hall–Kier alpha value is -3.33. The third kappa shape index (κ3) is 3.13. The molecule has 0 aliphatic rings. The standard InChI is InChI=1S/C18H16N6O2S/c1-12-15(10-19-11-21-12)16-7-6-14(9-20-16)27(25,26)23-17-5-3-4-13-8-22-24(2)18(13)17/h3-11,23H,1-2H3. The van der Waals surface area contributed by atoms with E-state index < -0.39 is 10.0 Å². The second-order valence-electron chi connectivity index (χ2n) is 6.02. The molecule has 27 heavy (non-hydrogen) atoms. The number of hydrogen-bond acceptors (Lipinski definition) is 6. The van der Waals surface area contributed by atoms with Crippen LogP contribution in [0.5, 0.6) is 0 Å². The Morgan fingerprint density at radius 2 is 1.89 bits per heavy atom. The zero-order valence-electron chi connectivity index (χ0n) is 14.7. The third-order valence-corrected chi connectivity index (χ3v) is 5.59. The zero-order chi connectivity index (χ0) is 19.0. The summed E-state index contributed by atoms with van der Waals surface area (Å²) in [5.74, 6) is 0. The number of anilines is 1. The average Bonchev–Trinajstić information content (AvgIpc) is 3.04. The van der Waals surface area contributed by atoms with Gasteiger partial charge in [0, 0.05) is 30.4 Å². The van der Waals surface area contributed by atoms with Gasteiger partial charge in [0.25, 0.3) is 10.0 Å². The van der Waals surface area contributed by atoms with E-state index in [0.29, 0.717) is 16.9 Å². The van der Waals surface area contributed by atoms with Gasteiger partial charge in [0.1, 0.15) is 11.2 Å². The minimum Gasteiger partial charge on any atom is -0.277 e. The van der Waals surface area contributed by atoms with Gasteiger partial charge in [-0.15, -0.1) is 0 Å². The number of nitrogens with one attached hydrogen (secondary N) is 1. The zero-order valence-corrected chi connectivity index (χ0v) is 15.5. The number of hydrogen-bond donors (Lipinski definition) is 1. The molecule has 1 aromatic carbocycles. The van der Waals surface area contributed by atoms with Crippen LogP contribution in [0.25, 0.3) is 22.2 Å². The highest BCUT2D eigenvalue weighted by Gasteiger charge is 2.18. The molecule has 4 rings (SSSR count). The number of nitrogens with zero attached hydrogens (tertiary/aromatic N) is 5. The topological polar surface area (TPSA) is 103 Å². The summed E-state index contributed by atoms with van der Waals surface area (Å²) in [5, 5.41) is 5.02. The van der Waals surface area contributed by atoms with E-state index in [2.05, 4.69) is 24.8 Å². The molecule has 0 amide bonds. The van der Waals surface area contributed by atoms with Gasteiger partial charge in [0.05, 0.1) is 28.8 Å². The van der Waals surface area contributed by atoms with Crippen molar-refractivity contribution >= 4 is 26.6 Å². The number of fused-ring (bicyclic) bond motifs is 1. The quantitative estimate of drug-likeness (QED) is 0.584. The molecule has 1 N–H and O–H groups in total. The largest absolute Gasteiger partial charge is 0.277 e. The molecule has 4 aromatic rings. The summed E-state index contributed by atoms with van der Waals surface area (Å²) in [6.07, 6.45) is 6.13. The predicted octanol–water partition coefficient (Wildman–Crippen LogP) is 2.53. The molecular formula is C18H16N6O2S. The summed E-state index contributed by atoms with van der Waals surface area (Å²) in [7, 11) is -2.03. The van der Waals surface area contributed by atoms with Gasteiger partial charge in [-0.2, -0.15) is 5.10 Å². The Morgan fingerprint density at radius 1 is 1.04 bits per heavy atom. The lowest BCUT2D eigenvalue weighted by Crippen LogP contribution is -2.14. The molecule has 0 bridgehead atoms. The van der Waals surface area contributed by atoms with E-state index >= 15 is 0 Å². The Bertz CT molecular complexity index is 1230. The first-order valence-electron chi connectivity index (χ1n) is 8.12. The number of sulfonamides is 1. The number of rotatable bonds is 4. The summed E-state index contributed by atoms with van der Waals surface area (Å²) in [6.45, 7) is 1.85. The monoisotopic (exact) mass is 380 g/mol. The summed E-state index contributed by atoms with van der Waals surface area (Å²) in [6, 6.07) is 8.52. The van der Waals surface area contributed by atoms with Crippen molar-refractivity contribution in [3.8, 4) is 11.3 Å². The van der Waals surface area contributed by atoms with Crippen LogP contribution in [0.1, 0.15) is 5.69 Å². The van der Waals surface area contributed by atoms with E-state index in [1.807, 2.05) is 13.0 Å². The maximum absolute atomic E-state index is 12.8. The average molecular weight is 380 g/mol. The summed E-state index contributed by atoms with van der Waals surface area (Å²) in [5.41, 5.74) is 3.32. The first kappa shape index (κ1) is 17.1. The van der Waals surface area contributed by atoms with Gasteiger partial charge in [0.2, 0.25) is 0 Å². The maximum Gasteiger partial charge on any atom is 0.263 e. The molecule has 0 aliphatic carbocycles. The van der Waals surface area contributed by atoms with Crippen molar-refractivity contribution in [3.63, 3.8) is 0 Å². The summed E-state index contributed by atoms with van der Waals surface area (Å²) in [4.78, 5) is 12.5. The fourth-order valence-electron chi connectivity index (χ4n) is 2.86. The summed E-state index contributed by atoms with van der Waals surface area (Å²) < 4.78 is 29.8. The van der Waals surface area contributed by atoms with E-state index in [1.165, 1.54) is 18.6 Å². The molecule has 0 radical (unpaired) electrons. The van der Waals surface area contributed by atoms with Crippen molar-refractivity contribution in [2.75, 3.05) is 4.72 Å². The van der Waals surface area contributed by atoms with Crippen LogP contribution >= 0.6 is 0 Å². The number of pyridine rings is 1. The minimum absolute atomic E-state index is 0.0694. The van der Waals surface area contributed by atoms with Crippen molar-refractivity contribution in [1.82, 2.24) is 24.7 Å². The molecule has 0 aliphatic heterocycles. The SMILES string of the molecule is Cc1ncncc1-c1ccc(S(=O)(=O)Nc2cccc3cnn(C)c23)cn1. The van der Waals surface area contributed by atoms with Crippen LogP contribution in [0.3, 0.4) is 0 Å². The number of benzene rings is 1. The van der Waals surface area contributed by atoms with E-state index in [-0.39, 0.29) is 4.90 Å². The highest BCUT2D eigenvalue weighted by Crippen LogP contribution is 2.26. The molecular weight excluding hydrogens is 364 g/mol. The second-order valence-corrected chi connectivity index (χ2v) is 7.70. The lowest BCUT2D eigenvalue weighted by Gasteiger charge is -2.10. The second kappa shape index (κ2) is 6.44. The van der Waals surface area contributed by atoms with Crippen LogP contribution in [-0.4, -0.2) is 33.2 Å². The molecule has 3 heterocycles. The Kier molecular flexibility index (Phi) is 4.08. The van der Waals surface area contributed by atoms with Crippen LogP contribution in [0, 0.1) is 6.92 Å². The first-order chi connectivity index (χ1) is 13.0. The molecule has 9 heteroatoms. The lowest BCUT2D eigenvalue weighted by atomic mass is 10.1. The number of para-hydroxylation sites is 1. The maximum atomic E-state index is 12.8. The van der Waals surface area contributed by atoms with Gasteiger partial charge < -0.3 is 0 Å². The molecule has 0 saturated carbocycles. The number of aryl methyl sites for hydroxylation is 2. The van der Waals surface area contributed by atoms with Crippen LogP contribution in [-0.2, 0) is 17.1 Å². The van der Waals surface area contributed by atoms with Crippen LogP contribution in [0.2, 0.25) is 0 Å². The Balaban J connectivity index is 1.68. The van der Waals surface area contributed by atoms with Crippen molar-refractivity contribution in [1.29, 1.82) is 0 Å². The van der Waals surface area contributed by atoms with Gasteiger partial charge in [-0.05, 0) is 25.1 Å². The van der Waals surface area contributed by atoms with Crippen molar-refractivity contribution < 1.29 is 8.42 Å². The van der Waals surface area contributed by atoms with E-state index in [9.17, 15) is 8.42 Å². The molecule has 0 unspecified atom stereocenters. The number of aromatic nitrogens is 5. The van der Waals surface area contributed by atoms with E-state index in [0.717, 1.165) is 16.6 Å². The van der Waals surface area contributed by atoms with Crippen molar-refractivity contribution in [2.45, 2.75) is 11.8 Å². The Labute approximate surface area is 156 Å². The van der Waals surface area contributed by atoms with Crippen LogP contribution < -0.4 is 4.72 Å².